The SMILES string of the molecule is CC1CNCCN1C(C)c1ccccc1-c1ccnc(NCCc2ccc(O)cc2)n1. The number of benzene rings is 2. The summed E-state index contributed by atoms with van der Waals surface area (Å²) in [5.74, 6) is 0.921. The second-order valence-corrected chi connectivity index (χ2v) is 8.16. The molecule has 2 atom stereocenters. The Kier molecular flexibility index (Phi) is 6.79. The van der Waals surface area contributed by atoms with Crippen LogP contribution in [-0.4, -0.2) is 52.2 Å². The zero-order valence-corrected chi connectivity index (χ0v) is 18.3. The van der Waals surface area contributed by atoms with E-state index in [4.69, 9.17) is 4.98 Å². The first-order valence-corrected chi connectivity index (χ1v) is 11.0. The fraction of sp³-hybridized carbons (Fsp3) is 0.360. The lowest BCUT2D eigenvalue weighted by Gasteiger charge is -2.39. The molecule has 3 N–H and O–H groups in total. The Morgan fingerprint density at radius 1 is 1.16 bits per heavy atom. The topological polar surface area (TPSA) is 73.3 Å². The van der Waals surface area contributed by atoms with Crippen LogP contribution in [0.5, 0.6) is 5.75 Å². The first-order chi connectivity index (χ1) is 15.1. The van der Waals surface area contributed by atoms with E-state index in [2.05, 4.69) is 58.6 Å². The lowest BCUT2D eigenvalue weighted by Crippen LogP contribution is -2.50. The fourth-order valence-electron chi connectivity index (χ4n) is 4.28. The molecule has 3 aromatic rings. The summed E-state index contributed by atoms with van der Waals surface area (Å²) >= 11 is 0. The van der Waals surface area contributed by atoms with Crippen molar-refractivity contribution in [1.29, 1.82) is 0 Å². The van der Waals surface area contributed by atoms with E-state index >= 15 is 0 Å². The van der Waals surface area contributed by atoms with E-state index in [0.29, 0.717) is 18.0 Å². The van der Waals surface area contributed by atoms with Gasteiger partial charge in [-0.2, -0.15) is 0 Å². The maximum Gasteiger partial charge on any atom is 0.223 e. The number of rotatable bonds is 7. The van der Waals surface area contributed by atoms with E-state index < -0.39 is 0 Å². The molecule has 0 amide bonds. The number of hydrogen-bond acceptors (Lipinski definition) is 6. The summed E-state index contributed by atoms with van der Waals surface area (Å²) in [6.07, 6.45) is 2.66. The van der Waals surface area contributed by atoms with Crippen LogP contribution in [0.2, 0.25) is 0 Å². The third-order valence-electron chi connectivity index (χ3n) is 6.03. The minimum Gasteiger partial charge on any atom is -0.508 e. The summed E-state index contributed by atoms with van der Waals surface area (Å²) in [6.45, 7) is 8.40. The van der Waals surface area contributed by atoms with Gasteiger partial charge in [-0.05, 0) is 49.6 Å². The van der Waals surface area contributed by atoms with E-state index in [9.17, 15) is 5.11 Å². The number of aromatic hydroxyl groups is 1. The Balaban J connectivity index is 1.49. The number of piperazine rings is 1. The Labute approximate surface area is 184 Å². The van der Waals surface area contributed by atoms with Crippen LogP contribution in [0.15, 0.2) is 60.8 Å². The Bertz CT molecular complexity index is 991. The van der Waals surface area contributed by atoms with Crippen LogP contribution in [0, 0.1) is 0 Å². The minimum atomic E-state index is 0.288. The molecule has 2 heterocycles. The van der Waals surface area contributed by atoms with Gasteiger partial charge >= 0.3 is 0 Å². The summed E-state index contributed by atoms with van der Waals surface area (Å²) in [7, 11) is 0. The largest absolute Gasteiger partial charge is 0.508 e. The zero-order chi connectivity index (χ0) is 21.6. The number of aromatic nitrogens is 2. The molecule has 0 saturated carbocycles. The molecule has 1 fully saturated rings. The highest BCUT2D eigenvalue weighted by molar-refractivity contribution is 5.65. The first kappa shape index (κ1) is 21.3. The van der Waals surface area contributed by atoms with Crippen molar-refractivity contribution in [3.63, 3.8) is 0 Å². The van der Waals surface area contributed by atoms with E-state index in [0.717, 1.165) is 49.4 Å². The van der Waals surface area contributed by atoms with Crippen molar-refractivity contribution in [2.24, 2.45) is 0 Å². The predicted octanol–water partition coefficient (Wildman–Crippen LogP) is 3.86. The van der Waals surface area contributed by atoms with Gasteiger partial charge in [-0.15, -0.1) is 0 Å². The third-order valence-corrected chi connectivity index (χ3v) is 6.03. The van der Waals surface area contributed by atoms with Crippen LogP contribution in [0.25, 0.3) is 11.3 Å². The summed E-state index contributed by atoms with van der Waals surface area (Å²) in [5.41, 5.74) is 4.55. The molecule has 6 nitrogen and oxygen atoms in total. The van der Waals surface area contributed by atoms with Crippen LogP contribution >= 0.6 is 0 Å². The van der Waals surface area contributed by atoms with Gasteiger partial charge in [0.1, 0.15) is 5.75 Å². The minimum absolute atomic E-state index is 0.288. The van der Waals surface area contributed by atoms with Crippen molar-refractivity contribution in [3.8, 4) is 17.0 Å². The molecular weight excluding hydrogens is 386 g/mol. The van der Waals surface area contributed by atoms with Crippen molar-refractivity contribution >= 4 is 5.95 Å². The maximum absolute atomic E-state index is 9.42. The summed E-state index contributed by atoms with van der Waals surface area (Å²) < 4.78 is 0. The van der Waals surface area contributed by atoms with E-state index in [1.54, 1.807) is 12.1 Å². The molecule has 0 spiro atoms. The Morgan fingerprint density at radius 2 is 1.97 bits per heavy atom. The maximum atomic E-state index is 9.42. The molecule has 1 aliphatic rings. The predicted molar refractivity (Wildman–Crippen MR) is 125 cm³/mol. The Morgan fingerprint density at radius 3 is 2.77 bits per heavy atom. The molecule has 6 heteroatoms. The average molecular weight is 418 g/mol. The monoisotopic (exact) mass is 417 g/mol. The second kappa shape index (κ2) is 9.90. The second-order valence-electron chi connectivity index (χ2n) is 8.16. The van der Waals surface area contributed by atoms with Crippen molar-refractivity contribution in [1.82, 2.24) is 20.2 Å². The molecule has 0 aliphatic carbocycles. The van der Waals surface area contributed by atoms with Gasteiger partial charge in [-0.25, -0.2) is 9.97 Å². The summed E-state index contributed by atoms with van der Waals surface area (Å²) in [4.78, 5) is 11.8. The van der Waals surface area contributed by atoms with Gasteiger partial charge in [-0.1, -0.05) is 36.4 Å². The van der Waals surface area contributed by atoms with Gasteiger partial charge < -0.3 is 15.7 Å². The lowest BCUT2D eigenvalue weighted by atomic mass is 9.96. The number of hydrogen-bond donors (Lipinski definition) is 3. The van der Waals surface area contributed by atoms with Crippen LogP contribution in [0.3, 0.4) is 0 Å². The highest BCUT2D eigenvalue weighted by Crippen LogP contribution is 2.31. The molecule has 1 aromatic heterocycles. The Hall–Kier alpha value is -2.96. The molecule has 2 aromatic carbocycles. The van der Waals surface area contributed by atoms with Crippen LogP contribution in [0.1, 0.15) is 31.0 Å². The number of nitrogens with zero attached hydrogens (tertiary/aromatic N) is 3. The molecule has 31 heavy (non-hydrogen) atoms. The molecule has 2 unspecified atom stereocenters. The smallest absolute Gasteiger partial charge is 0.223 e. The quantitative estimate of drug-likeness (QED) is 0.542. The van der Waals surface area contributed by atoms with Crippen molar-refractivity contribution < 1.29 is 5.11 Å². The van der Waals surface area contributed by atoms with Crippen molar-refractivity contribution in [2.75, 3.05) is 31.5 Å². The lowest BCUT2D eigenvalue weighted by molar-refractivity contribution is 0.126. The van der Waals surface area contributed by atoms with E-state index in [1.165, 1.54) is 5.56 Å². The number of nitrogens with one attached hydrogen (secondary N) is 2. The van der Waals surface area contributed by atoms with Crippen molar-refractivity contribution in [3.05, 3.63) is 71.9 Å². The zero-order valence-electron chi connectivity index (χ0n) is 18.3. The number of phenolic OH excluding ortho intramolecular Hbond substituents is 1. The summed E-state index contributed by atoms with van der Waals surface area (Å²) in [5, 5.41) is 16.2. The molecule has 1 saturated heterocycles. The average Bonchev–Trinajstić information content (AvgIpc) is 2.80. The third kappa shape index (κ3) is 5.21. The van der Waals surface area contributed by atoms with Gasteiger partial charge in [0.25, 0.3) is 0 Å². The molecule has 0 radical (unpaired) electrons. The highest BCUT2D eigenvalue weighted by Gasteiger charge is 2.25. The van der Waals surface area contributed by atoms with E-state index in [1.807, 2.05) is 24.4 Å². The first-order valence-electron chi connectivity index (χ1n) is 11.0. The van der Waals surface area contributed by atoms with Crippen LogP contribution in [-0.2, 0) is 6.42 Å². The fourth-order valence-corrected chi connectivity index (χ4v) is 4.28. The molecule has 0 bridgehead atoms. The van der Waals surface area contributed by atoms with Crippen molar-refractivity contribution in [2.45, 2.75) is 32.4 Å². The molecule has 1 aliphatic heterocycles. The normalized spacial score (nSPS) is 17.9. The van der Waals surface area contributed by atoms with Crippen LogP contribution in [0.4, 0.5) is 5.95 Å². The highest BCUT2D eigenvalue weighted by atomic mass is 16.3. The van der Waals surface area contributed by atoms with E-state index in [-0.39, 0.29) is 5.75 Å². The molecular formula is C25H31N5O. The summed E-state index contributed by atoms with van der Waals surface area (Å²) in [6, 6.07) is 18.6. The molecule has 162 valence electrons. The van der Waals surface area contributed by atoms with Gasteiger partial charge in [0.2, 0.25) is 5.95 Å². The number of anilines is 1. The van der Waals surface area contributed by atoms with Gasteiger partial charge in [0.05, 0.1) is 5.69 Å². The number of phenols is 1. The van der Waals surface area contributed by atoms with Crippen LogP contribution < -0.4 is 10.6 Å². The van der Waals surface area contributed by atoms with Gasteiger partial charge in [0.15, 0.2) is 0 Å². The van der Waals surface area contributed by atoms with Gasteiger partial charge in [-0.3, -0.25) is 4.90 Å². The van der Waals surface area contributed by atoms with Gasteiger partial charge in [0, 0.05) is 50.0 Å². The standard InChI is InChI=1S/C25H31N5O/c1-18-17-26-15-16-30(18)19(2)22-5-3-4-6-23(22)24-12-14-28-25(29-24)27-13-11-20-7-9-21(31)10-8-20/h3-10,12,14,18-19,26,31H,11,13,15-17H2,1-2H3,(H,27,28,29). The molecule has 4 rings (SSSR count).